The van der Waals surface area contributed by atoms with Crippen molar-refractivity contribution in [2.45, 2.75) is 19.4 Å². The summed E-state index contributed by atoms with van der Waals surface area (Å²) in [6.07, 6.45) is 0.865. The van der Waals surface area contributed by atoms with Gasteiger partial charge in [0.2, 0.25) is 0 Å². The van der Waals surface area contributed by atoms with Crippen LogP contribution in [-0.2, 0) is 6.42 Å². The van der Waals surface area contributed by atoms with Crippen molar-refractivity contribution in [2.75, 3.05) is 13.1 Å². The Hall–Kier alpha value is -0.280. The number of benzene rings is 1. The maximum atomic E-state index is 6.03. The Labute approximate surface area is 101 Å². The summed E-state index contributed by atoms with van der Waals surface area (Å²) in [6.45, 7) is 3.56. The molecule has 0 spiro atoms. The van der Waals surface area contributed by atoms with Gasteiger partial charge >= 0.3 is 0 Å². The van der Waals surface area contributed by atoms with Crippen LogP contribution in [-0.4, -0.2) is 19.1 Å². The van der Waals surface area contributed by atoms with Crippen LogP contribution < -0.4 is 11.1 Å². The van der Waals surface area contributed by atoms with E-state index in [0.717, 1.165) is 28.6 Å². The number of rotatable bonds is 5. The minimum Gasteiger partial charge on any atom is -0.329 e. The molecule has 1 aromatic carbocycles. The molecule has 0 aromatic heterocycles. The normalized spacial score (nSPS) is 12.8. The zero-order valence-corrected chi connectivity index (χ0v) is 10.3. The third-order valence-electron chi connectivity index (χ3n) is 2.25. The molecule has 0 heterocycles. The molecule has 0 aliphatic carbocycles. The van der Waals surface area contributed by atoms with E-state index in [9.17, 15) is 0 Å². The Kier molecular flexibility index (Phi) is 5.40. The van der Waals surface area contributed by atoms with Gasteiger partial charge in [0.25, 0.3) is 0 Å². The molecule has 1 rings (SSSR count). The average molecular weight is 247 g/mol. The molecule has 0 unspecified atom stereocenters. The number of nitrogens with one attached hydrogen (secondary N) is 1. The Morgan fingerprint density at radius 2 is 2.13 bits per heavy atom. The number of halogens is 2. The molecule has 4 heteroatoms. The summed E-state index contributed by atoms with van der Waals surface area (Å²) in [5, 5.41) is 4.79. The second-order valence-corrected chi connectivity index (χ2v) is 4.42. The Balaban J connectivity index is 2.46. The van der Waals surface area contributed by atoms with E-state index in [2.05, 4.69) is 12.2 Å². The highest BCUT2D eigenvalue weighted by atomic mass is 35.5. The SMILES string of the molecule is C[C@H](CN)NCCc1cc(Cl)ccc1Cl. The average Bonchev–Trinajstić information content (AvgIpc) is 2.23. The maximum absolute atomic E-state index is 6.03. The van der Waals surface area contributed by atoms with Gasteiger partial charge in [-0.05, 0) is 43.7 Å². The summed E-state index contributed by atoms with van der Waals surface area (Å²) in [6, 6.07) is 5.86. The van der Waals surface area contributed by atoms with Crippen LogP contribution >= 0.6 is 23.2 Å². The molecule has 84 valence electrons. The van der Waals surface area contributed by atoms with E-state index in [0.29, 0.717) is 12.6 Å². The van der Waals surface area contributed by atoms with Gasteiger partial charge in [-0.25, -0.2) is 0 Å². The van der Waals surface area contributed by atoms with Crippen LogP contribution in [0.1, 0.15) is 12.5 Å². The minimum absolute atomic E-state index is 0.336. The van der Waals surface area contributed by atoms with Crippen molar-refractivity contribution in [3.63, 3.8) is 0 Å². The minimum atomic E-state index is 0.336. The zero-order valence-electron chi connectivity index (χ0n) is 8.76. The molecule has 3 N–H and O–H groups in total. The molecule has 1 atom stereocenters. The Morgan fingerprint density at radius 3 is 2.80 bits per heavy atom. The maximum Gasteiger partial charge on any atom is 0.0439 e. The fraction of sp³-hybridized carbons (Fsp3) is 0.455. The molecule has 1 aromatic rings. The van der Waals surface area contributed by atoms with Crippen molar-refractivity contribution in [2.24, 2.45) is 5.73 Å². The van der Waals surface area contributed by atoms with E-state index >= 15 is 0 Å². The second kappa shape index (κ2) is 6.33. The molecular weight excluding hydrogens is 231 g/mol. The summed E-state index contributed by atoms with van der Waals surface area (Å²) in [7, 11) is 0. The highest BCUT2D eigenvalue weighted by Crippen LogP contribution is 2.20. The largest absolute Gasteiger partial charge is 0.329 e. The van der Waals surface area contributed by atoms with Gasteiger partial charge in [0.05, 0.1) is 0 Å². The molecular formula is C11H16Cl2N2. The van der Waals surface area contributed by atoms with Crippen LogP contribution in [0.2, 0.25) is 10.0 Å². The van der Waals surface area contributed by atoms with Crippen molar-refractivity contribution < 1.29 is 0 Å². The fourth-order valence-electron chi connectivity index (χ4n) is 1.27. The van der Waals surface area contributed by atoms with Gasteiger partial charge in [-0.1, -0.05) is 23.2 Å². The lowest BCUT2D eigenvalue weighted by Gasteiger charge is -2.11. The van der Waals surface area contributed by atoms with Gasteiger partial charge in [-0.3, -0.25) is 0 Å². The molecule has 0 aliphatic rings. The lowest BCUT2D eigenvalue weighted by Crippen LogP contribution is -2.34. The first-order valence-electron chi connectivity index (χ1n) is 5.01. The van der Waals surface area contributed by atoms with E-state index in [1.54, 1.807) is 6.07 Å². The van der Waals surface area contributed by atoms with Crippen LogP contribution in [0, 0.1) is 0 Å². The standard InChI is InChI=1S/C11H16Cl2N2/c1-8(7-14)15-5-4-9-6-10(12)2-3-11(9)13/h2-3,6,8,15H,4-5,7,14H2,1H3/t8-/m1/s1. The highest BCUT2D eigenvalue weighted by Gasteiger charge is 2.02. The van der Waals surface area contributed by atoms with Crippen molar-refractivity contribution in [3.05, 3.63) is 33.8 Å². The van der Waals surface area contributed by atoms with E-state index < -0.39 is 0 Å². The van der Waals surface area contributed by atoms with Gasteiger partial charge in [0.1, 0.15) is 0 Å². The van der Waals surface area contributed by atoms with Gasteiger partial charge < -0.3 is 11.1 Å². The van der Waals surface area contributed by atoms with Crippen molar-refractivity contribution in [1.82, 2.24) is 5.32 Å². The fourth-order valence-corrected chi connectivity index (χ4v) is 1.68. The monoisotopic (exact) mass is 246 g/mol. The van der Waals surface area contributed by atoms with Crippen molar-refractivity contribution in [1.29, 1.82) is 0 Å². The smallest absolute Gasteiger partial charge is 0.0439 e. The van der Waals surface area contributed by atoms with Crippen LogP contribution in [0.25, 0.3) is 0 Å². The topological polar surface area (TPSA) is 38.0 Å². The molecule has 0 fully saturated rings. The van der Waals surface area contributed by atoms with Gasteiger partial charge in [0.15, 0.2) is 0 Å². The molecule has 0 amide bonds. The molecule has 0 bridgehead atoms. The third kappa shape index (κ3) is 4.39. The molecule has 0 radical (unpaired) electrons. The molecule has 2 nitrogen and oxygen atoms in total. The zero-order chi connectivity index (χ0) is 11.3. The predicted molar refractivity (Wildman–Crippen MR) is 66.7 cm³/mol. The van der Waals surface area contributed by atoms with Gasteiger partial charge in [-0.15, -0.1) is 0 Å². The van der Waals surface area contributed by atoms with Crippen LogP contribution in [0.15, 0.2) is 18.2 Å². The lowest BCUT2D eigenvalue weighted by atomic mass is 10.1. The first-order chi connectivity index (χ1) is 7.13. The summed E-state index contributed by atoms with van der Waals surface area (Å²) in [4.78, 5) is 0. The highest BCUT2D eigenvalue weighted by molar-refractivity contribution is 6.33. The summed E-state index contributed by atoms with van der Waals surface area (Å²) in [5.74, 6) is 0. The van der Waals surface area contributed by atoms with Gasteiger partial charge in [-0.2, -0.15) is 0 Å². The molecule has 0 saturated heterocycles. The first-order valence-corrected chi connectivity index (χ1v) is 5.76. The molecule has 15 heavy (non-hydrogen) atoms. The van der Waals surface area contributed by atoms with Crippen molar-refractivity contribution in [3.8, 4) is 0 Å². The van der Waals surface area contributed by atoms with E-state index in [1.807, 2.05) is 12.1 Å². The van der Waals surface area contributed by atoms with Crippen LogP contribution in [0.5, 0.6) is 0 Å². The van der Waals surface area contributed by atoms with Gasteiger partial charge in [0, 0.05) is 22.6 Å². The summed E-state index contributed by atoms with van der Waals surface area (Å²) in [5.41, 5.74) is 6.57. The predicted octanol–water partition coefficient (Wildman–Crippen LogP) is 2.47. The summed E-state index contributed by atoms with van der Waals surface area (Å²) >= 11 is 11.9. The van der Waals surface area contributed by atoms with Crippen LogP contribution in [0.3, 0.4) is 0 Å². The number of hydrogen-bond acceptors (Lipinski definition) is 2. The Bertz CT molecular complexity index is 315. The molecule has 0 aliphatic heterocycles. The van der Waals surface area contributed by atoms with Crippen LogP contribution in [0.4, 0.5) is 0 Å². The van der Waals surface area contributed by atoms with Crippen molar-refractivity contribution >= 4 is 23.2 Å². The Morgan fingerprint density at radius 1 is 1.40 bits per heavy atom. The summed E-state index contributed by atoms with van der Waals surface area (Å²) < 4.78 is 0. The number of hydrogen-bond donors (Lipinski definition) is 2. The first kappa shape index (κ1) is 12.8. The lowest BCUT2D eigenvalue weighted by molar-refractivity contribution is 0.559. The quantitative estimate of drug-likeness (QED) is 0.838. The van der Waals surface area contributed by atoms with E-state index in [-0.39, 0.29) is 0 Å². The molecule has 0 saturated carbocycles. The van der Waals surface area contributed by atoms with E-state index in [4.69, 9.17) is 28.9 Å². The second-order valence-electron chi connectivity index (χ2n) is 3.58. The third-order valence-corrected chi connectivity index (χ3v) is 2.85. The number of nitrogens with two attached hydrogens (primary N) is 1. The van der Waals surface area contributed by atoms with E-state index in [1.165, 1.54) is 0 Å².